The maximum atomic E-state index is 12.8. The third kappa shape index (κ3) is 3.21. The summed E-state index contributed by atoms with van der Waals surface area (Å²) in [7, 11) is 0. The van der Waals surface area contributed by atoms with Crippen molar-refractivity contribution >= 4 is 11.6 Å². The van der Waals surface area contributed by atoms with E-state index in [1.165, 1.54) is 12.1 Å². The Morgan fingerprint density at radius 2 is 1.76 bits per heavy atom. The molecule has 88 valence electrons. The van der Waals surface area contributed by atoms with Crippen molar-refractivity contribution in [3.8, 4) is 16.9 Å². The standard InChI is InChI=1S/C14H12ClFO/c15-8-9-17-14-3-1-2-12(10-14)11-4-6-13(16)7-5-11/h1-7,10H,8-9H2. The topological polar surface area (TPSA) is 9.23 Å². The summed E-state index contributed by atoms with van der Waals surface area (Å²) >= 11 is 5.56. The zero-order valence-corrected chi connectivity index (χ0v) is 9.95. The van der Waals surface area contributed by atoms with Crippen molar-refractivity contribution < 1.29 is 9.13 Å². The van der Waals surface area contributed by atoms with Gasteiger partial charge in [-0.25, -0.2) is 4.39 Å². The van der Waals surface area contributed by atoms with Gasteiger partial charge in [0.2, 0.25) is 0 Å². The molecule has 3 heteroatoms. The Morgan fingerprint density at radius 1 is 1.00 bits per heavy atom. The largest absolute Gasteiger partial charge is 0.492 e. The number of rotatable bonds is 4. The van der Waals surface area contributed by atoms with Gasteiger partial charge >= 0.3 is 0 Å². The second-order valence-corrected chi connectivity index (χ2v) is 3.95. The molecule has 0 fully saturated rings. The summed E-state index contributed by atoms with van der Waals surface area (Å²) in [4.78, 5) is 0. The molecule has 1 nitrogen and oxygen atoms in total. The van der Waals surface area contributed by atoms with Gasteiger partial charge in [-0.2, -0.15) is 0 Å². The summed E-state index contributed by atoms with van der Waals surface area (Å²) in [5.74, 6) is 0.997. The van der Waals surface area contributed by atoms with Crippen LogP contribution in [0.25, 0.3) is 11.1 Å². The molecule has 0 atom stereocenters. The highest BCUT2D eigenvalue weighted by Gasteiger charge is 2.00. The second-order valence-electron chi connectivity index (χ2n) is 3.57. The van der Waals surface area contributed by atoms with Gasteiger partial charge in [-0.15, -0.1) is 11.6 Å². The van der Waals surface area contributed by atoms with Crippen molar-refractivity contribution in [3.05, 3.63) is 54.3 Å². The molecule has 0 N–H and O–H groups in total. The van der Waals surface area contributed by atoms with Gasteiger partial charge in [-0.05, 0) is 35.4 Å². The minimum Gasteiger partial charge on any atom is -0.492 e. The summed E-state index contributed by atoms with van der Waals surface area (Å²) in [5.41, 5.74) is 1.96. The lowest BCUT2D eigenvalue weighted by molar-refractivity contribution is 0.343. The first-order valence-electron chi connectivity index (χ1n) is 5.34. The molecule has 0 saturated heterocycles. The van der Waals surface area contributed by atoms with E-state index >= 15 is 0 Å². The lowest BCUT2D eigenvalue weighted by Gasteiger charge is -2.06. The first-order valence-corrected chi connectivity index (χ1v) is 5.88. The lowest BCUT2D eigenvalue weighted by atomic mass is 10.1. The number of ether oxygens (including phenoxy) is 1. The van der Waals surface area contributed by atoms with Crippen LogP contribution >= 0.6 is 11.6 Å². The summed E-state index contributed by atoms with van der Waals surface area (Å²) in [6, 6.07) is 14.0. The molecule has 0 heterocycles. The quantitative estimate of drug-likeness (QED) is 0.742. The molecular formula is C14H12ClFO. The molecule has 17 heavy (non-hydrogen) atoms. The van der Waals surface area contributed by atoms with Gasteiger partial charge in [0.25, 0.3) is 0 Å². The van der Waals surface area contributed by atoms with Crippen molar-refractivity contribution in [1.82, 2.24) is 0 Å². The van der Waals surface area contributed by atoms with Crippen LogP contribution in [0.3, 0.4) is 0 Å². The maximum Gasteiger partial charge on any atom is 0.123 e. The Balaban J connectivity index is 2.23. The molecule has 2 aromatic carbocycles. The zero-order valence-electron chi connectivity index (χ0n) is 9.20. The van der Waals surface area contributed by atoms with E-state index in [-0.39, 0.29) is 5.82 Å². The minimum absolute atomic E-state index is 0.233. The van der Waals surface area contributed by atoms with E-state index in [4.69, 9.17) is 16.3 Å². The van der Waals surface area contributed by atoms with Crippen LogP contribution in [0.4, 0.5) is 4.39 Å². The van der Waals surface area contributed by atoms with E-state index in [0.29, 0.717) is 12.5 Å². The first kappa shape index (κ1) is 11.9. The maximum absolute atomic E-state index is 12.8. The van der Waals surface area contributed by atoms with Gasteiger partial charge in [0.15, 0.2) is 0 Å². The molecule has 0 radical (unpaired) electrons. The zero-order chi connectivity index (χ0) is 12.1. The SMILES string of the molecule is Fc1ccc(-c2cccc(OCCCl)c2)cc1. The fourth-order valence-corrected chi connectivity index (χ4v) is 1.64. The van der Waals surface area contributed by atoms with E-state index in [1.807, 2.05) is 24.3 Å². The fourth-order valence-electron chi connectivity index (χ4n) is 1.56. The van der Waals surface area contributed by atoms with Crippen LogP contribution in [-0.2, 0) is 0 Å². The minimum atomic E-state index is -0.233. The molecule has 0 unspecified atom stereocenters. The molecule has 0 amide bonds. The van der Waals surface area contributed by atoms with E-state index in [0.717, 1.165) is 16.9 Å². The third-order valence-corrected chi connectivity index (χ3v) is 2.51. The predicted molar refractivity (Wildman–Crippen MR) is 68.1 cm³/mol. The number of halogens is 2. The fraction of sp³-hybridized carbons (Fsp3) is 0.143. The summed E-state index contributed by atoms with van der Waals surface area (Å²) in [6.07, 6.45) is 0. The molecule has 0 bridgehead atoms. The molecular weight excluding hydrogens is 239 g/mol. The van der Waals surface area contributed by atoms with Crippen LogP contribution in [0.15, 0.2) is 48.5 Å². The van der Waals surface area contributed by atoms with Gasteiger partial charge in [0.1, 0.15) is 18.2 Å². The van der Waals surface area contributed by atoms with E-state index in [2.05, 4.69) is 0 Å². The molecule has 0 saturated carbocycles. The van der Waals surface area contributed by atoms with Crippen molar-refractivity contribution in [1.29, 1.82) is 0 Å². The normalized spacial score (nSPS) is 10.2. The molecule has 0 aliphatic rings. The summed E-state index contributed by atoms with van der Waals surface area (Å²) in [5, 5.41) is 0. The summed E-state index contributed by atoms with van der Waals surface area (Å²) < 4.78 is 18.2. The van der Waals surface area contributed by atoms with E-state index in [1.54, 1.807) is 12.1 Å². The van der Waals surface area contributed by atoms with Gasteiger partial charge in [0.05, 0.1) is 5.88 Å². The van der Waals surface area contributed by atoms with Gasteiger partial charge in [-0.3, -0.25) is 0 Å². The average molecular weight is 251 g/mol. The van der Waals surface area contributed by atoms with Crippen LogP contribution in [0.1, 0.15) is 0 Å². The van der Waals surface area contributed by atoms with Crippen LogP contribution in [0.5, 0.6) is 5.75 Å². The molecule has 0 spiro atoms. The Labute approximate surface area is 105 Å². The van der Waals surface area contributed by atoms with Crippen LogP contribution in [-0.4, -0.2) is 12.5 Å². The second kappa shape index (κ2) is 5.69. The summed E-state index contributed by atoms with van der Waals surface area (Å²) in [6.45, 7) is 0.481. The molecule has 0 aliphatic carbocycles. The molecule has 0 aromatic heterocycles. The number of hydrogen-bond donors (Lipinski definition) is 0. The highest BCUT2D eigenvalue weighted by atomic mass is 35.5. The number of benzene rings is 2. The van der Waals surface area contributed by atoms with Crippen molar-refractivity contribution in [2.75, 3.05) is 12.5 Å². The van der Waals surface area contributed by atoms with Gasteiger partial charge in [0, 0.05) is 0 Å². The molecule has 2 rings (SSSR count). The van der Waals surface area contributed by atoms with Gasteiger partial charge in [-0.1, -0.05) is 24.3 Å². The Kier molecular flexibility index (Phi) is 3.99. The van der Waals surface area contributed by atoms with Crippen molar-refractivity contribution in [2.45, 2.75) is 0 Å². The Morgan fingerprint density at radius 3 is 2.47 bits per heavy atom. The third-order valence-electron chi connectivity index (χ3n) is 2.36. The average Bonchev–Trinajstić information content (AvgIpc) is 2.37. The molecule has 0 aliphatic heterocycles. The van der Waals surface area contributed by atoms with Crippen LogP contribution < -0.4 is 4.74 Å². The van der Waals surface area contributed by atoms with Crippen LogP contribution in [0.2, 0.25) is 0 Å². The number of hydrogen-bond acceptors (Lipinski definition) is 1. The monoisotopic (exact) mass is 250 g/mol. The van der Waals surface area contributed by atoms with Gasteiger partial charge < -0.3 is 4.74 Å². The van der Waals surface area contributed by atoms with Crippen molar-refractivity contribution in [2.24, 2.45) is 0 Å². The highest BCUT2D eigenvalue weighted by molar-refractivity contribution is 6.18. The molecule has 2 aromatic rings. The Hall–Kier alpha value is -1.54. The lowest BCUT2D eigenvalue weighted by Crippen LogP contribution is -1.97. The van der Waals surface area contributed by atoms with Crippen LogP contribution in [0, 0.1) is 5.82 Å². The first-order chi connectivity index (χ1) is 8.29. The smallest absolute Gasteiger partial charge is 0.123 e. The van der Waals surface area contributed by atoms with Crippen molar-refractivity contribution in [3.63, 3.8) is 0 Å². The van der Waals surface area contributed by atoms with E-state index in [9.17, 15) is 4.39 Å². The highest BCUT2D eigenvalue weighted by Crippen LogP contribution is 2.24. The Bertz CT molecular complexity index is 482. The van der Waals surface area contributed by atoms with E-state index < -0.39 is 0 Å². The predicted octanol–water partition coefficient (Wildman–Crippen LogP) is 4.11. The number of alkyl halides is 1.